The van der Waals surface area contributed by atoms with Crippen molar-refractivity contribution in [3.8, 4) is 17.2 Å². The van der Waals surface area contributed by atoms with E-state index in [4.69, 9.17) is 14.2 Å². The molecular weight excluding hydrogens is 444 g/mol. The average molecular weight is 469 g/mol. The molecule has 1 amide bonds. The third kappa shape index (κ3) is 5.95. The zero-order valence-corrected chi connectivity index (χ0v) is 18.9. The fraction of sp³-hybridized carbons (Fsp3) is 0.208. The zero-order chi connectivity index (χ0) is 23.3. The third-order valence-corrected chi connectivity index (χ3v) is 6.22. The first kappa shape index (κ1) is 22.5. The van der Waals surface area contributed by atoms with Crippen LogP contribution in [0, 0.1) is 6.92 Å². The number of anilines is 2. The van der Waals surface area contributed by atoms with Crippen LogP contribution in [0.2, 0.25) is 0 Å². The Labute approximate surface area is 192 Å². The van der Waals surface area contributed by atoms with Gasteiger partial charge in [0.1, 0.15) is 5.75 Å². The number of hydrogen-bond donors (Lipinski definition) is 2. The van der Waals surface area contributed by atoms with Crippen LogP contribution in [-0.2, 0) is 14.8 Å². The summed E-state index contributed by atoms with van der Waals surface area (Å²) < 4.78 is 44.7. The van der Waals surface area contributed by atoms with Crippen molar-refractivity contribution < 1.29 is 27.4 Å². The van der Waals surface area contributed by atoms with Crippen molar-refractivity contribution in [3.63, 3.8) is 0 Å². The third-order valence-electron chi connectivity index (χ3n) is 4.84. The molecule has 0 aliphatic carbocycles. The summed E-state index contributed by atoms with van der Waals surface area (Å²) in [6, 6.07) is 18.3. The second kappa shape index (κ2) is 9.83. The minimum atomic E-state index is -3.83. The lowest BCUT2D eigenvalue weighted by Crippen LogP contribution is -2.20. The molecule has 0 atom stereocenters. The zero-order valence-electron chi connectivity index (χ0n) is 18.0. The lowest BCUT2D eigenvalue weighted by molar-refractivity contribution is -0.118. The summed E-state index contributed by atoms with van der Waals surface area (Å²) >= 11 is 0. The summed E-state index contributed by atoms with van der Waals surface area (Å²) in [7, 11) is -3.83. The van der Waals surface area contributed by atoms with Crippen LogP contribution in [0.4, 0.5) is 11.4 Å². The highest BCUT2D eigenvalue weighted by Gasteiger charge is 2.19. The summed E-state index contributed by atoms with van der Waals surface area (Å²) in [5, 5.41) is 2.71. The number of hydrogen-bond acceptors (Lipinski definition) is 6. The van der Waals surface area contributed by atoms with Gasteiger partial charge in [0.15, 0.2) is 18.1 Å². The molecule has 1 aliphatic rings. The van der Waals surface area contributed by atoms with Crippen molar-refractivity contribution in [3.05, 3.63) is 72.3 Å². The molecular formula is C24H24N2O6S. The molecule has 0 unspecified atom stereocenters. The maximum absolute atomic E-state index is 12.8. The van der Waals surface area contributed by atoms with Gasteiger partial charge >= 0.3 is 0 Å². The number of sulfonamides is 1. The molecule has 0 radical (unpaired) electrons. The standard InChI is InChI=1S/C24H24N2O6S/c1-17-3-9-20(10-4-17)32-16-24(27)25-18-5-7-19(8-6-18)26-33(28,29)21-11-12-22-23(15-21)31-14-2-13-30-22/h3-12,15,26H,2,13-14,16H2,1H3,(H,25,27). The SMILES string of the molecule is Cc1ccc(OCC(=O)Nc2ccc(NS(=O)(=O)c3ccc4c(c3)OCCCO4)cc2)cc1. The Kier molecular flexibility index (Phi) is 6.69. The van der Waals surface area contributed by atoms with Crippen molar-refractivity contribution in [2.75, 3.05) is 29.9 Å². The molecule has 0 saturated heterocycles. The summed E-state index contributed by atoms with van der Waals surface area (Å²) in [4.78, 5) is 12.2. The molecule has 0 bridgehead atoms. The Morgan fingerprint density at radius 2 is 1.58 bits per heavy atom. The van der Waals surface area contributed by atoms with Gasteiger partial charge in [-0.25, -0.2) is 8.42 Å². The Morgan fingerprint density at radius 1 is 0.909 bits per heavy atom. The quantitative estimate of drug-likeness (QED) is 0.544. The normalized spacial score (nSPS) is 13.0. The molecule has 0 saturated carbocycles. The van der Waals surface area contributed by atoms with E-state index < -0.39 is 10.0 Å². The van der Waals surface area contributed by atoms with Gasteiger partial charge in [0.25, 0.3) is 15.9 Å². The molecule has 3 aromatic carbocycles. The van der Waals surface area contributed by atoms with Crippen molar-refractivity contribution in [2.24, 2.45) is 0 Å². The fourth-order valence-electron chi connectivity index (χ4n) is 3.13. The van der Waals surface area contributed by atoms with Crippen molar-refractivity contribution in [2.45, 2.75) is 18.2 Å². The average Bonchev–Trinajstić information content (AvgIpc) is 3.05. The number of carbonyl (C=O) groups excluding carboxylic acids is 1. The van der Waals surface area contributed by atoms with E-state index in [1.165, 1.54) is 12.1 Å². The minimum absolute atomic E-state index is 0.0670. The maximum Gasteiger partial charge on any atom is 0.262 e. The highest BCUT2D eigenvalue weighted by molar-refractivity contribution is 7.92. The molecule has 3 aromatic rings. The van der Waals surface area contributed by atoms with E-state index in [1.807, 2.05) is 19.1 Å². The molecule has 33 heavy (non-hydrogen) atoms. The molecule has 8 nitrogen and oxygen atoms in total. The minimum Gasteiger partial charge on any atom is -0.490 e. The van der Waals surface area contributed by atoms with Crippen LogP contribution >= 0.6 is 0 Å². The first-order valence-electron chi connectivity index (χ1n) is 10.4. The Balaban J connectivity index is 1.35. The maximum atomic E-state index is 12.8. The Bertz CT molecular complexity index is 1220. The summed E-state index contributed by atoms with van der Waals surface area (Å²) in [5.74, 6) is 1.21. The Hall–Kier alpha value is -3.72. The number of rotatable bonds is 7. The number of carbonyl (C=O) groups is 1. The molecule has 9 heteroatoms. The second-order valence-electron chi connectivity index (χ2n) is 7.49. The highest BCUT2D eigenvalue weighted by atomic mass is 32.2. The smallest absolute Gasteiger partial charge is 0.262 e. The summed E-state index contributed by atoms with van der Waals surface area (Å²) in [5.41, 5.74) is 1.98. The number of fused-ring (bicyclic) bond motifs is 1. The monoisotopic (exact) mass is 468 g/mol. The van der Waals surface area contributed by atoms with Gasteiger partial charge in [-0.2, -0.15) is 0 Å². The second-order valence-corrected chi connectivity index (χ2v) is 9.17. The predicted molar refractivity (Wildman–Crippen MR) is 125 cm³/mol. The van der Waals surface area contributed by atoms with Gasteiger partial charge in [0.05, 0.1) is 18.1 Å². The first-order chi connectivity index (χ1) is 15.9. The summed E-state index contributed by atoms with van der Waals surface area (Å²) in [6.45, 7) is 2.82. The lowest BCUT2D eigenvalue weighted by Gasteiger charge is -2.12. The van der Waals surface area contributed by atoms with E-state index >= 15 is 0 Å². The van der Waals surface area contributed by atoms with E-state index in [1.54, 1.807) is 42.5 Å². The molecule has 172 valence electrons. The van der Waals surface area contributed by atoms with Crippen molar-refractivity contribution >= 4 is 27.3 Å². The van der Waals surface area contributed by atoms with Crippen molar-refractivity contribution in [1.29, 1.82) is 0 Å². The van der Waals surface area contributed by atoms with Crippen molar-refractivity contribution in [1.82, 2.24) is 0 Å². The largest absolute Gasteiger partial charge is 0.490 e. The molecule has 0 fully saturated rings. The summed E-state index contributed by atoms with van der Waals surface area (Å²) in [6.07, 6.45) is 0.732. The number of aryl methyl sites for hydroxylation is 1. The Morgan fingerprint density at radius 3 is 2.30 bits per heavy atom. The molecule has 0 spiro atoms. The van der Waals surface area contributed by atoms with Crippen LogP contribution < -0.4 is 24.2 Å². The molecule has 4 rings (SSSR count). The van der Waals surface area contributed by atoms with E-state index in [0.717, 1.165) is 12.0 Å². The fourth-order valence-corrected chi connectivity index (χ4v) is 4.20. The van der Waals surface area contributed by atoms with Gasteiger partial charge in [0, 0.05) is 23.9 Å². The van der Waals surface area contributed by atoms with Crippen LogP contribution in [0.25, 0.3) is 0 Å². The van der Waals surface area contributed by atoms with Crippen LogP contribution in [0.3, 0.4) is 0 Å². The van der Waals surface area contributed by atoms with Gasteiger partial charge < -0.3 is 19.5 Å². The first-order valence-corrected chi connectivity index (χ1v) is 11.9. The van der Waals surface area contributed by atoms with Crippen LogP contribution in [0.15, 0.2) is 71.6 Å². The molecule has 1 aliphatic heterocycles. The van der Waals surface area contributed by atoms with Gasteiger partial charge in [-0.1, -0.05) is 17.7 Å². The van der Waals surface area contributed by atoms with E-state index in [-0.39, 0.29) is 17.4 Å². The molecule has 2 N–H and O–H groups in total. The van der Waals surface area contributed by atoms with Gasteiger partial charge in [-0.3, -0.25) is 9.52 Å². The predicted octanol–water partition coefficient (Wildman–Crippen LogP) is 3.97. The molecule has 0 aromatic heterocycles. The highest BCUT2D eigenvalue weighted by Crippen LogP contribution is 2.32. The number of amides is 1. The van der Waals surface area contributed by atoms with Crippen LogP contribution in [-0.4, -0.2) is 34.1 Å². The topological polar surface area (TPSA) is 103 Å². The van der Waals surface area contributed by atoms with E-state index in [9.17, 15) is 13.2 Å². The number of benzene rings is 3. The van der Waals surface area contributed by atoms with Gasteiger partial charge in [-0.05, 0) is 55.5 Å². The number of nitrogens with one attached hydrogen (secondary N) is 2. The van der Waals surface area contributed by atoms with E-state index in [2.05, 4.69) is 10.0 Å². The van der Waals surface area contributed by atoms with Gasteiger partial charge in [-0.15, -0.1) is 0 Å². The van der Waals surface area contributed by atoms with Crippen LogP contribution in [0.1, 0.15) is 12.0 Å². The van der Waals surface area contributed by atoms with Crippen LogP contribution in [0.5, 0.6) is 17.2 Å². The lowest BCUT2D eigenvalue weighted by atomic mass is 10.2. The number of ether oxygens (including phenoxy) is 3. The van der Waals surface area contributed by atoms with Gasteiger partial charge in [0.2, 0.25) is 0 Å². The molecule has 1 heterocycles. The van der Waals surface area contributed by atoms with E-state index in [0.29, 0.717) is 41.8 Å².